The van der Waals surface area contributed by atoms with Gasteiger partial charge in [0.2, 0.25) is 0 Å². The van der Waals surface area contributed by atoms with Gasteiger partial charge in [0.25, 0.3) is 0 Å². The summed E-state index contributed by atoms with van der Waals surface area (Å²) in [5.41, 5.74) is 3.78. The largest absolute Gasteiger partial charge is 0.379 e. The number of hydrogen-bond donors (Lipinski definition) is 1. The minimum absolute atomic E-state index is 0.894. The Labute approximate surface area is 109 Å². The third-order valence-electron chi connectivity index (χ3n) is 2.53. The molecular weight excluding hydrogens is 282 g/mol. The fourth-order valence-electron chi connectivity index (χ4n) is 1.52. The molecule has 16 heavy (non-hydrogen) atoms. The Kier molecular flexibility index (Phi) is 3.66. The second-order valence-corrected chi connectivity index (χ2v) is 5.72. The zero-order valence-corrected chi connectivity index (χ0v) is 11.8. The maximum atomic E-state index is 3.57. The number of anilines is 1. The maximum absolute atomic E-state index is 3.57. The zero-order chi connectivity index (χ0) is 11.5. The molecule has 0 bridgehead atoms. The number of rotatable bonds is 3. The highest BCUT2D eigenvalue weighted by atomic mass is 79.9. The van der Waals surface area contributed by atoms with Crippen LogP contribution in [0.4, 0.5) is 5.69 Å². The molecule has 2 rings (SSSR count). The van der Waals surface area contributed by atoms with E-state index in [0.29, 0.717) is 0 Å². The van der Waals surface area contributed by atoms with Gasteiger partial charge in [0.15, 0.2) is 0 Å². The molecule has 0 radical (unpaired) electrons. The van der Waals surface area contributed by atoms with Gasteiger partial charge in [-0.15, -0.1) is 11.3 Å². The fraction of sp³-hybridized carbons (Fsp3) is 0.231. The van der Waals surface area contributed by atoms with Crippen LogP contribution >= 0.6 is 27.3 Å². The molecule has 3 heteroatoms. The van der Waals surface area contributed by atoms with E-state index in [1.54, 1.807) is 11.3 Å². The van der Waals surface area contributed by atoms with Crippen LogP contribution in [0.1, 0.15) is 16.0 Å². The van der Waals surface area contributed by atoms with Crippen molar-refractivity contribution in [2.75, 3.05) is 5.32 Å². The quantitative estimate of drug-likeness (QED) is 0.862. The molecule has 0 fully saturated rings. The highest BCUT2D eigenvalue weighted by Crippen LogP contribution is 2.25. The average Bonchev–Trinajstić information content (AvgIpc) is 2.63. The summed E-state index contributed by atoms with van der Waals surface area (Å²) in [4.78, 5) is 1.40. The van der Waals surface area contributed by atoms with Gasteiger partial charge in [-0.3, -0.25) is 0 Å². The number of hydrogen-bond acceptors (Lipinski definition) is 2. The van der Waals surface area contributed by atoms with Crippen molar-refractivity contribution in [3.05, 3.63) is 50.1 Å². The molecule has 0 aliphatic rings. The van der Waals surface area contributed by atoms with Crippen LogP contribution in [0.15, 0.2) is 34.1 Å². The monoisotopic (exact) mass is 295 g/mol. The van der Waals surface area contributed by atoms with Crippen LogP contribution in [0.5, 0.6) is 0 Å². The molecule has 0 atom stereocenters. The predicted molar refractivity (Wildman–Crippen MR) is 75.3 cm³/mol. The summed E-state index contributed by atoms with van der Waals surface area (Å²) in [6.07, 6.45) is 0. The summed E-state index contributed by atoms with van der Waals surface area (Å²) < 4.78 is 1.13. The van der Waals surface area contributed by atoms with Crippen LogP contribution in [0.3, 0.4) is 0 Å². The highest BCUT2D eigenvalue weighted by molar-refractivity contribution is 9.10. The molecule has 0 spiro atoms. The van der Waals surface area contributed by atoms with Gasteiger partial charge < -0.3 is 5.32 Å². The van der Waals surface area contributed by atoms with Crippen LogP contribution in [-0.4, -0.2) is 0 Å². The van der Waals surface area contributed by atoms with Crippen molar-refractivity contribution in [1.82, 2.24) is 0 Å². The van der Waals surface area contributed by atoms with Crippen molar-refractivity contribution in [1.29, 1.82) is 0 Å². The first kappa shape index (κ1) is 11.7. The summed E-state index contributed by atoms with van der Waals surface area (Å²) >= 11 is 5.37. The van der Waals surface area contributed by atoms with Crippen LogP contribution in [-0.2, 0) is 6.54 Å². The lowest BCUT2D eigenvalue weighted by molar-refractivity contribution is 1.16. The molecule has 84 valence electrons. The summed E-state index contributed by atoms with van der Waals surface area (Å²) in [6.45, 7) is 5.14. The second-order valence-electron chi connectivity index (χ2n) is 3.86. The van der Waals surface area contributed by atoms with E-state index in [4.69, 9.17) is 0 Å². The van der Waals surface area contributed by atoms with Crippen molar-refractivity contribution in [2.45, 2.75) is 20.4 Å². The van der Waals surface area contributed by atoms with E-state index in [1.165, 1.54) is 16.0 Å². The molecule has 1 N–H and O–H groups in total. The molecule has 1 heterocycles. The van der Waals surface area contributed by atoms with E-state index in [1.807, 2.05) is 0 Å². The van der Waals surface area contributed by atoms with Gasteiger partial charge >= 0.3 is 0 Å². The van der Waals surface area contributed by atoms with Gasteiger partial charge in [0.05, 0.1) is 0 Å². The Hall–Kier alpha value is -0.800. The molecule has 1 nitrogen and oxygen atoms in total. The number of nitrogens with one attached hydrogen (secondary N) is 1. The van der Waals surface area contributed by atoms with Crippen molar-refractivity contribution in [3.8, 4) is 0 Å². The van der Waals surface area contributed by atoms with E-state index >= 15 is 0 Å². The molecule has 0 amide bonds. The first-order chi connectivity index (χ1) is 7.66. The zero-order valence-electron chi connectivity index (χ0n) is 9.38. The number of thiophene rings is 1. The molecular formula is C13H14BrNS. The summed E-state index contributed by atoms with van der Waals surface area (Å²) in [5.74, 6) is 0. The van der Waals surface area contributed by atoms with Crippen LogP contribution in [0.25, 0.3) is 0 Å². The summed E-state index contributed by atoms with van der Waals surface area (Å²) in [5, 5.41) is 5.58. The standard InChI is InChI=1S/C13H14BrNS/c1-9-3-4-12(11(14)7-9)15-8-13-10(2)5-6-16-13/h3-7,15H,8H2,1-2H3. The van der Waals surface area contributed by atoms with Gasteiger partial charge in [-0.2, -0.15) is 0 Å². The van der Waals surface area contributed by atoms with E-state index in [0.717, 1.165) is 16.7 Å². The molecule has 0 aliphatic heterocycles. The Morgan fingerprint density at radius 1 is 1.25 bits per heavy atom. The van der Waals surface area contributed by atoms with E-state index in [2.05, 4.69) is 64.7 Å². The lowest BCUT2D eigenvalue weighted by Gasteiger charge is -2.08. The number of benzene rings is 1. The van der Waals surface area contributed by atoms with Gasteiger partial charge in [-0.25, -0.2) is 0 Å². The van der Waals surface area contributed by atoms with Crippen molar-refractivity contribution in [3.63, 3.8) is 0 Å². The van der Waals surface area contributed by atoms with E-state index in [-0.39, 0.29) is 0 Å². The van der Waals surface area contributed by atoms with Crippen molar-refractivity contribution in [2.24, 2.45) is 0 Å². The third kappa shape index (κ3) is 2.66. The second kappa shape index (κ2) is 5.02. The third-order valence-corrected chi connectivity index (χ3v) is 4.21. The minimum atomic E-state index is 0.894. The molecule has 2 aromatic rings. The normalized spacial score (nSPS) is 10.4. The smallest absolute Gasteiger partial charge is 0.0497 e. The molecule has 1 aromatic carbocycles. The van der Waals surface area contributed by atoms with Gasteiger partial charge in [-0.05, 0) is 64.5 Å². The number of aryl methyl sites for hydroxylation is 2. The Morgan fingerprint density at radius 2 is 2.06 bits per heavy atom. The first-order valence-corrected chi connectivity index (χ1v) is 6.87. The van der Waals surface area contributed by atoms with Gasteiger partial charge in [0, 0.05) is 21.6 Å². The average molecular weight is 296 g/mol. The fourth-order valence-corrected chi connectivity index (χ4v) is 3.00. The van der Waals surface area contributed by atoms with Crippen molar-refractivity contribution < 1.29 is 0 Å². The molecule has 0 aliphatic carbocycles. The first-order valence-electron chi connectivity index (χ1n) is 5.20. The Balaban J connectivity index is 2.08. The topological polar surface area (TPSA) is 12.0 Å². The van der Waals surface area contributed by atoms with E-state index in [9.17, 15) is 0 Å². The summed E-state index contributed by atoms with van der Waals surface area (Å²) in [7, 11) is 0. The maximum Gasteiger partial charge on any atom is 0.0497 e. The Morgan fingerprint density at radius 3 is 2.69 bits per heavy atom. The van der Waals surface area contributed by atoms with Crippen molar-refractivity contribution >= 4 is 33.0 Å². The predicted octanol–water partition coefficient (Wildman–Crippen LogP) is 4.74. The molecule has 0 saturated carbocycles. The van der Waals surface area contributed by atoms with Crippen LogP contribution in [0.2, 0.25) is 0 Å². The van der Waals surface area contributed by atoms with Crippen LogP contribution in [0, 0.1) is 13.8 Å². The van der Waals surface area contributed by atoms with E-state index < -0.39 is 0 Å². The lowest BCUT2D eigenvalue weighted by atomic mass is 10.2. The molecule has 0 saturated heterocycles. The minimum Gasteiger partial charge on any atom is -0.379 e. The molecule has 0 unspecified atom stereocenters. The highest BCUT2D eigenvalue weighted by Gasteiger charge is 2.02. The molecule has 1 aromatic heterocycles. The lowest BCUT2D eigenvalue weighted by Crippen LogP contribution is -1.99. The Bertz CT molecular complexity index is 490. The SMILES string of the molecule is Cc1ccc(NCc2sccc2C)c(Br)c1. The number of halogens is 1. The van der Waals surface area contributed by atoms with Crippen LogP contribution < -0.4 is 5.32 Å². The summed E-state index contributed by atoms with van der Waals surface area (Å²) in [6, 6.07) is 8.52. The van der Waals surface area contributed by atoms with Gasteiger partial charge in [0.1, 0.15) is 0 Å². The van der Waals surface area contributed by atoms with Gasteiger partial charge in [-0.1, -0.05) is 6.07 Å².